The molecule has 0 aromatic rings. The van der Waals surface area contributed by atoms with Gasteiger partial charge in [-0.15, -0.1) is 0 Å². The first kappa shape index (κ1) is 11.9. The molecule has 1 amide bonds. The summed E-state index contributed by atoms with van der Waals surface area (Å²) in [5.41, 5.74) is 0. The largest absolute Gasteiger partial charge is 0.378 e. The number of carbonyl (C=O) groups excluding carboxylic acids is 1. The topological polar surface area (TPSA) is 41.6 Å². The molecular weight excluding hydrogens is 204 g/mol. The predicted octanol–water partition coefficient (Wildman–Crippen LogP) is 0.622. The third kappa shape index (κ3) is 2.74. The minimum atomic E-state index is -0.0457. The molecule has 0 aromatic carbocycles. The maximum Gasteiger partial charge on any atom is 0.239 e. The maximum atomic E-state index is 12.1. The molecule has 92 valence electrons. The minimum absolute atomic E-state index is 0.0457. The zero-order valence-electron chi connectivity index (χ0n) is 10.2. The standard InChI is InChI=1S/C12H22N2O2/c1-9-7-11(8-9)13-10(2)12(15)14-3-5-16-6-4-14/h9-11,13H,3-8H2,1-2H3. The number of morpholine rings is 1. The number of carbonyl (C=O) groups is 1. The summed E-state index contributed by atoms with van der Waals surface area (Å²) < 4.78 is 5.24. The lowest BCUT2D eigenvalue weighted by atomic mass is 9.81. The second kappa shape index (κ2) is 5.15. The van der Waals surface area contributed by atoms with Crippen LogP contribution in [0.5, 0.6) is 0 Å². The molecule has 1 atom stereocenters. The summed E-state index contributed by atoms with van der Waals surface area (Å²) in [4.78, 5) is 14.0. The van der Waals surface area contributed by atoms with Gasteiger partial charge in [0.1, 0.15) is 0 Å². The van der Waals surface area contributed by atoms with Crippen LogP contribution in [0, 0.1) is 5.92 Å². The van der Waals surface area contributed by atoms with Crippen molar-refractivity contribution >= 4 is 5.91 Å². The van der Waals surface area contributed by atoms with Crippen molar-refractivity contribution in [2.75, 3.05) is 26.3 Å². The van der Waals surface area contributed by atoms with Crippen LogP contribution in [-0.4, -0.2) is 49.2 Å². The molecular formula is C12H22N2O2. The van der Waals surface area contributed by atoms with Crippen LogP contribution in [0.4, 0.5) is 0 Å². The van der Waals surface area contributed by atoms with Gasteiger partial charge in [0, 0.05) is 19.1 Å². The number of nitrogens with one attached hydrogen (secondary N) is 1. The summed E-state index contributed by atoms with van der Waals surface area (Å²) in [5, 5.41) is 3.41. The van der Waals surface area contributed by atoms with Gasteiger partial charge in [-0.25, -0.2) is 0 Å². The molecule has 1 heterocycles. The highest BCUT2D eigenvalue weighted by atomic mass is 16.5. The summed E-state index contributed by atoms with van der Waals surface area (Å²) in [6, 6.07) is 0.505. The van der Waals surface area contributed by atoms with Crippen molar-refractivity contribution in [2.45, 2.75) is 38.8 Å². The maximum absolute atomic E-state index is 12.1. The number of hydrogen-bond acceptors (Lipinski definition) is 3. The lowest BCUT2D eigenvalue weighted by Gasteiger charge is -2.37. The Morgan fingerprint density at radius 1 is 1.38 bits per heavy atom. The van der Waals surface area contributed by atoms with E-state index in [9.17, 15) is 4.79 Å². The number of ether oxygens (including phenoxy) is 1. The first-order chi connectivity index (χ1) is 7.66. The minimum Gasteiger partial charge on any atom is -0.378 e. The molecule has 1 aliphatic carbocycles. The molecule has 0 radical (unpaired) electrons. The van der Waals surface area contributed by atoms with E-state index in [1.54, 1.807) is 0 Å². The van der Waals surface area contributed by atoms with E-state index in [4.69, 9.17) is 4.74 Å². The van der Waals surface area contributed by atoms with E-state index in [2.05, 4.69) is 12.2 Å². The highest BCUT2D eigenvalue weighted by Crippen LogP contribution is 2.26. The predicted molar refractivity (Wildman–Crippen MR) is 62.2 cm³/mol. The molecule has 1 N–H and O–H groups in total. The normalized spacial score (nSPS) is 32.0. The van der Waals surface area contributed by atoms with Crippen LogP contribution in [0.25, 0.3) is 0 Å². The highest BCUT2D eigenvalue weighted by molar-refractivity contribution is 5.81. The van der Waals surface area contributed by atoms with E-state index in [-0.39, 0.29) is 11.9 Å². The van der Waals surface area contributed by atoms with Crippen molar-refractivity contribution in [1.29, 1.82) is 0 Å². The molecule has 2 fully saturated rings. The molecule has 16 heavy (non-hydrogen) atoms. The van der Waals surface area contributed by atoms with Gasteiger partial charge in [-0.2, -0.15) is 0 Å². The van der Waals surface area contributed by atoms with Gasteiger partial charge >= 0.3 is 0 Å². The van der Waals surface area contributed by atoms with Crippen LogP contribution in [0.3, 0.4) is 0 Å². The third-order valence-corrected chi connectivity index (χ3v) is 3.55. The average molecular weight is 226 g/mol. The van der Waals surface area contributed by atoms with Gasteiger partial charge < -0.3 is 15.0 Å². The smallest absolute Gasteiger partial charge is 0.239 e. The monoisotopic (exact) mass is 226 g/mol. The Bertz CT molecular complexity index is 245. The zero-order valence-corrected chi connectivity index (χ0v) is 10.2. The van der Waals surface area contributed by atoms with Crippen molar-refractivity contribution in [1.82, 2.24) is 10.2 Å². The summed E-state index contributed by atoms with van der Waals surface area (Å²) in [7, 11) is 0. The van der Waals surface area contributed by atoms with Crippen molar-refractivity contribution in [3.8, 4) is 0 Å². The number of hydrogen-bond donors (Lipinski definition) is 1. The van der Waals surface area contributed by atoms with Crippen LogP contribution in [0.2, 0.25) is 0 Å². The van der Waals surface area contributed by atoms with Crippen molar-refractivity contribution in [3.63, 3.8) is 0 Å². The zero-order chi connectivity index (χ0) is 11.5. The fourth-order valence-corrected chi connectivity index (χ4v) is 2.52. The molecule has 0 bridgehead atoms. The second-order valence-electron chi connectivity index (χ2n) is 5.10. The van der Waals surface area contributed by atoms with Gasteiger partial charge in [0.25, 0.3) is 0 Å². The van der Waals surface area contributed by atoms with Gasteiger partial charge in [-0.05, 0) is 25.7 Å². The third-order valence-electron chi connectivity index (χ3n) is 3.55. The molecule has 4 nitrogen and oxygen atoms in total. The highest BCUT2D eigenvalue weighted by Gasteiger charge is 2.29. The first-order valence-corrected chi connectivity index (χ1v) is 6.29. The SMILES string of the molecule is CC1CC(NC(C)C(=O)N2CCOCC2)C1. The van der Waals surface area contributed by atoms with Crippen LogP contribution in [0.1, 0.15) is 26.7 Å². The van der Waals surface area contributed by atoms with Gasteiger partial charge in [-0.3, -0.25) is 4.79 Å². The van der Waals surface area contributed by atoms with Crippen LogP contribution < -0.4 is 5.32 Å². The van der Waals surface area contributed by atoms with Crippen molar-refractivity contribution < 1.29 is 9.53 Å². The van der Waals surface area contributed by atoms with E-state index < -0.39 is 0 Å². The summed E-state index contributed by atoms with van der Waals surface area (Å²) in [6.45, 7) is 7.07. The summed E-state index contributed by atoms with van der Waals surface area (Å²) >= 11 is 0. The Balaban J connectivity index is 1.74. The van der Waals surface area contributed by atoms with Gasteiger partial charge in [0.15, 0.2) is 0 Å². The molecule has 4 heteroatoms. The van der Waals surface area contributed by atoms with Crippen LogP contribution in [-0.2, 0) is 9.53 Å². The van der Waals surface area contributed by atoms with Gasteiger partial charge in [0.05, 0.1) is 19.3 Å². The molecule has 1 saturated heterocycles. The first-order valence-electron chi connectivity index (χ1n) is 6.29. The van der Waals surface area contributed by atoms with Crippen LogP contribution in [0.15, 0.2) is 0 Å². The fraction of sp³-hybridized carbons (Fsp3) is 0.917. The molecule has 1 unspecified atom stereocenters. The van der Waals surface area contributed by atoms with Crippen LogP contribution >= 0.6 is 0 Å². The number of rotatable bonds is 3. The van der Waals surface area contributed by atoms with Gasteiger partial charge in [0.2, 0.25) is 5.91 Å². The van der Waals surface area contributed by atoms with Gasteiger partial charge in [-0.1, -0.05) is 6.92 Å². The molecule has 1 aliphatic heterocycles. The van der Waals surface area contributed by atoms with Crippen molar-refractivity contribution in [3.05, 3.63) is 0 Å². The molecule has 0 spiro atoms. The van der Waals surface area contributed by atoms with E-state index in [0.29, 0.717) is 19.3 Å². The Morgan fingerprint density at radius 3 is 2.56 bits per heavy atom. The quantitative estimate of drug-likeness (QED) is 0.767. The number of nitrogens with zero attached hydrogens (tertiary/aromatic N) is 1. The Morgan fingerprint density at radius 2 is 2.00 bits per heavy atom. The van der Waals surface area contributed by atoms with Crippen molar-refractivity contribution in [2.24, 2.45) is 5.92 Å². The average Bonchev–Trinajstić information content (AvgIpc) is 2.27. The summed E-state index contributed by atoms with van der Waals surface area (Å²) in [5.74, 6) is 1.05. The molecule has 1 saturated carbocycles. The number of amides is 1. The Hall–Kier alpha value is -0.610. The fourth-order valence-electron chi connectivity index (χ4n) is 2.52. The van der Waals surface area contributed by atoms with E-state index in [1.165, 1.54) is 12.8 Å². The molecule has 2 aliphatic rings. The lowest BCUT2D eigenvalue weighted by molar-refractivity contribution is -0.137. The molecule has 2 rings (SSSR count). The second-order valence-corrected chi connectivity index (χ2v) is 5.10. The van der Waals surface area contributed by atoms with E-state index >= 15 is 0 Å². The Labute approximate surface area is 97.3 Å². The summed E-state index contributed by atoms with van der Waals surface area (Å²) in [6.07, 6.45) is 2.42. The van der Waals surface area contributed by atoms with E-state index in [1.807, 2.05) is 11.8 Å². The Kier molecular flexibility index (Phi) is 3.82. The lowest BCUT2D eigenvalue weighted by Crippen LogP contribution is -2.53. The van der Waals surface area contributed by atoms with E-state index in [0.717, 1.165) is 19.0 Å². The molecule has 0 aromatic heterocycles.